The fourth-order valence-electron chi connectivity index (χ4n) is 3.50. The number of methoxy groups -OCH3 is 1. The van der Waals surface area contributed by atoms with Crippen LogP contribution in [-0.4, -0.2) is 58.1 Å². The number of rotatable bonds is 6. The Kier molecular flexibility index (Phi) is 6.62. The standard InChI is InChI=1S/C18H25ClN2O5S/c1-25-17-7-6-15(10-16(17)19)27(23,24)21-8-2-4-13(12-21)18(22)20-11-14-5-3-9-26-14/h6-7,10,13-14H,2-5,8-9,11-12H2,1H3,(H,20,22)/t13-,14+/m1/s1. The molecular weight excluding hydrogens is 392 g/mol. The molecule has 0 unspecified atom stereocenters. The number of sulfonamides is 1. The zero-order valence-corrected chi connectivity index (χ0v) is 16.9. The lowest BCUT2D eigenvalue weighted by Crippen LogP contribution is -2.46. The fraction of sp³-hybridized carbons (Fsp3) is 0.611. The molecule has 0 aliphatic carbocycles. The summed E-state index contributed by atoms with van der Waals surface area (Å²) in [5.74, 6) is -0.0533. The average Bonchev–Trinajstić information content (AvgIpc) is 3.19. The molecule has 2 atom stereocenters. The van der Waals surface area contributed by atoms with Crippen LogP contribution in [0.1, 0.15) is 25.7 Å². The Morgan fingerprint density at radius 2 is 2.19 bits per heavy atom. The third kappa shape index (κ3) is 4.74. The first-order valence-corrected chi connectivity index (χ1v) is 11.0. The fourth-order valence-corrected chi connectivity index (χ4v) is 5.37. The normalized spacial score (nSPS) is 23.9. The molecule has 1 aromatic carbocycles. The second-order valence-corrected chi connectivity index (χ2v) is 9.22. The highest BCUT2D eigenvalue weighted by atomic mass is 35.5. The Balaban J connectivity index is 1.65. The third-order valence-electron chi connectivity index (χ3n) is 5.04. The van der Waals surface area contributed by atoms with Gasteiger partial charge in [0.15, 0.2) is 0 Å². The van der Waals surface area contributed by atoms with Crippen molar-refractivity contribution in [3.05, 3.63) is 23.2 Å². The van der Waals surface area contributed by atoms with Crippen LogP contribution >= 0.6 is 11.6 Å². The summed E-state index contributed by atoms with van der Waals surface area (Å²) in [5.41, 5.74) is 0. The molecule has 2 aliphatic heterocycles. The monoisotopic (exact) mass is 416 g/mol. The molecule has 1 N–H and O–H groups in total. The van der Waals surface area contributed by atoms with Gasteiger partial charge in [0.25, 0.3) is 0 Å². The van der Waals surface area contributed by atoms with E-state index in [0.717, 1.165) is 19.4 Å². The molecule has 2 heterocycles. The topological polar surface area (TPSA) is 84.9 Å². The van der Waals surface area contributed by atoms with Crippen molar-refractivity contribution in [1.82, 2.24) is 9.62 Å². The van der Waals surface area contributed by atoms with Crippen LogP contribution in [0.5, 0.6) is 5.75 Å². The quantitative estimate of drug-likeness (QED) is 0.767. The van der Waals surface area contributed by atoms with Gasteiger partial charge >= 0.3 is 0 Å². The zero-order valence-electron chi connectivity index (χ0n) is 15.3. The molecule has 3 rings (SSSR count). The molecule has 1 amide bonds. The predicted octanol–water partition coefficient (Wildman–Crippen LogP) is 2.04. The average molecular weight is 417 g/mol. The molecule has 0 saturated carbocycles. The molecule has 2 saturated heterocycles. The lowest BCUT2D eigenvalue weighted by molar-refractivity contribution is -0.126. The van der Waals surface area contributed by atoms with Crippen molar-refractivity contribution < 1.29 is 22.7 Å². The van der Waals surface area contributed by atoms with E-state index >= 15 is 0 Å². The number of nitrogens with zero attached hydrogens (tertiary/aromatic N) is 1. The zero-order chi connectivity index (χ0) is 19.4. The number of carbonyl (C=O) groups is 1. The first-order valence-electron chi connectivity index (χ1n) is 9.15. The van der Waals surface area contributed by atoms with Crippen LogP contribution in [0.25, 0.3) is 0 Å². The molecule has 0 radical (unpaired) electrons. The molecule has 27 heavy (non-hydrogen) atoms. The van der Waals surface area contributed by atoms with E-state index in [1.807, 2.05) is 0 Å². The molecule has 2 aliphatic rings. The van der Waals surface area contributed by atoms with Crippen LogP contribution in [-0.2, 0) is 19.6 Å². The Hall–Kier alpha value is -1.35. The Morgan fingerprint density at radius 1 is 1.37 bits per heavy atom. The number of benzene rings is 1. The van der Waals surface area contributed by atoms with Crippen molar-refractivity contribution in [3.63, 3.8) is 0 Å². The van der Waals surface area contributed by atoms with E-state index in [2.05, 4.69) is 5.32 Å². The molecule has 0 bridgehead atoms. The number of piperidine rings is 1. The van der Waals surface area contributed by atoms with E-state index in [9.17, 15) is 13.2 Å². The van der Waals surface area contributed by atoms with Gasteiger partial charge in [-0.25, -0.2) is 8.42 Å². The van der Waals surface area contributed by atoms with Crippen LogP contribution in [0.4, 0.5) is 0 Å². The van der Waals surface area contributed by atoms with Gasteiger partial charge in [-0.3, -0.25) is 4.79 Å². The number of carbonyl (C=O) groups excluding carboxylic acids is 1. The first kappa shape index (κ1) is 20.4. The van der Waals surface area contributed by atoms with Crippen molar-refractivity contribution in [1.29, 1.82) is 0 Å². The highest BCUT2D eigenvalue weighted by molar-refractivity contribution is 7.89. The molecule has 1 aromatic rings. The summed E-state index contributed by atoms with van der Waals surface area (Å²) in [4.78, 5) is 12.6. The van der Waals surface area contributed by atoms with Crippen molar-refractivity contribution >= 4 is 27.5 Å². The Bertz CT molecular complexity index is 780. The highest BCUT2D eigenvalue weighted by Gasteiger charge is 2.33. The van der Waals surface area contributed by atoms with E-state index < -0.39 is 10.0 Å². The lowest BCUT2D eigenvalue weighted by atomic mass is 9.99. The van der Waals surface area contributed by atoms with E-state index in [1.165, 1.54) is 29.6 Å². The number of amides is 1. The molecule has 0 aromatic heterocycles. The van der Waals surface area contributed by atoms with Gasteiger partial charge in [0, 0.05) is 26.2 Å². The summed E-state index contributed by atoms with van der Waals surface area (Å²) in [5, 5.41) is 3.14. The first-order chi connectivity index (χ1) is 12.9. The summed E-state index contributed by atoms with van der Waals surface area (Å²) >= 11 is 6.07. The summed E-state index contributed by atoms with van der Waals surface area (Å²) < 4.78 is 37.8. The maximum absolute atomic E-state index is 12.9. The minimum Gasteiger partial charge on any atom is -0.495 e. The minimum atomic E-state index is -3.72. The maximum atomic E-state index is 12.9. The van der Waals surface area contributed by atoms with Crippen molar-refractivity contribution in [3.8, 4) is 5.75 Å². The van der Waals surface area contributed by atoms with Crippen molar-refractivity contribution in [2.75, 3.05) is 33.4 Å². The molecule has 150 valence electrons. The number of ether oxygens (including phenoxy) is 2. The van der Waals surface area contributed by atoms with Gasteiger partial charge in [0.05, 0.1) is 29.0 Å². The number of halogens is 1. The summed E-state index contributed by atoms with van der Waals surface area (Å²) in [6.07, 6.45) is 3.34. The van der Waals surface area contributed by atoms with Crippen LogP contribution in [0.15, 0.2) is 23.1 Å². The van der Waals surface area contributed by atoms with Gasteiger partial charge in [-0.15, -0.1) is 0 Å². The van der Waals surface area contributed by atoms with Crippen LogP contribution in [0.2, 0.25) is 5.02 Å². The molecular formula is C18H25ClN2O5S. The summed E-state index contributed by atoms with van der Waals surface area (Å²) in [6, 6.07) is 4.39. The van der Waals surface area contributed by atoms with Gasteiger partial charge in [-0.05, 0) is 43.9 Å². The van der Waals surface area contributed by atoms with E-state index in [0.29, 0.717) is 31.7 Å². The minimum absolute atomic E-state index is 0.0683. The van der Waals surface area contributed by atoms with Gasteiger partial charge in [-0.2, -0.15) is 4.31 Å². The summed E-state index contributed by atoms with van der Waals surface area (Å²) in [7, 11) is -2.25. The van der Waals surface area contributed by atoms with Gasteiger partial charge in [0.1, 0.15) is 5.75 Å². The Morgan fingerprint density at radius 3 is 2.85 bits per heavy atom. The SMILES string of the molecule is COc1ccc(S(=O)(=O)N2CCC[C@@H](C(=O)NC[C@@H]3CCCO3)C2)cc1Cl. The number of hydrogen-bond donors (Lipinski definition) is 1. The highest BCUT2D eigenvalue weighted by Crippen LogP contribution is 2.30. The largest absolute Gasteiger partial charge is 0.495 e. The van der Waals surface area contributed by atoms with E-state index in [1.54, 1.807) is 0 Å². The molecule has 9 heteroatoms. The maximum Gasteiger partial charge on any atom is 0.243 e. The molecule has 0 spiro atoms. The summed E-state index contributed by atoms with van der Waals surface area (Å²) in [6.45, 7) is 1.78. The Labute approximate surface area is 165 Å². The van der Waals surface area contributed by atoms with Crippen LogP contribution in [0.3, 0.4) is 0 Å². The molecule has 7 nitrogen and oxygen atoms in total. The third-order valence-corrected chi connectivity index (χ3v) is 7.20. The smallest absolute Gasteiger partial charge is 0.243 e. The van der Waals surface area contributed by atoms with Crippen molar-refractivity contribution in [2.24, 2.45) is 5.92 Å². The van der Waals surface area contributed by atoms with Crippen LogP contribution < -0.4 is 10.1 Å². The number of nitrogens with one attached hydrogen (secondary N) is 1. The lowest BCUT2D eigenvalue weighted by Gasteiger charge is -2.31. The van der Waals surface area contributed by atoms with E-state index in [-0.39, 0.29) is 34.4 Å². The second kappa shape index (κ2) is 8.77. The van der Waals surface area contributed by atoms with E-state index in [4.69, 9.17) is 21.1 Å². The van der Waals surface area contributed by atoms with Gasteiger partial charge in [-0.1, -0.05) is 11.6 Å². The molecule has 2 fully saturated rings. The van der Waals surface area contributed by atoms with Gasteiger partial charge < -0.3 is 14.8 Å². The van der Waals surface area contributed by atoms with Gasteiger partial charge in [0.2, 0.25) is 15.9 Å². The van der Waals surface area contributed by atoms with Crippen molar-refractivity contribution in [2.45, 2.75) is 36.7 Å². The predicted molar refractivity (Wildman–Crippen MR) is 101 cm³/mol. The van der Waals surface area contributed by atoms with Crippen LogP contribution in [0, 0.1) is 5.92 Å². The second-order valence-electron chi connectivity index (χ2n) is 6.88. The number of hydrogen-bond acceptors (Lipinski definition) is 5.